The smallest absolute Gasteiger partial charge is 0.254 e. The van der Waals surface area contributed by atoms with Crippen LogP contribution in [0.5, 0.6) is 11.5 Å². The zero-order valence-corrected chi connectivity index (χ0v) is 17.1. The number of carbonyl (C=O) groups excluding carboxylic acids is 1. The van der Waals surface area contributed by atoms with Crippen LogP contribution in [0.15, 0.2) is 60.7 Å². The summed E-state index contributed by atoms with van der Waals surface area (Å²) in [4.78, 5) is 16.9. The van der Waals surface area contributed by atoms with E-state index in [1.165, 1.54) is 0 Å². The molecule has 7 heteroatoms. The molecule has 2 heterocycles. The molecular formula is C23H24N4O3. The fourth-order valence-electron chi connectivity index (χ4n) is 3.51. The predicted molar refractivity (Wildman–Crippen MR) is 115 cm³/mol. The maximum absolute atomic E-state index is 12.9. The number of rotatable bonds is 5. The summed E-state index contributed by atoms with van der Waals surface area (Å²) >= 11 is 0. The van der Waals surface area contributed by atoms with Crippen molar-refractivity contribution in [3.8, 4) is 22.8 Å². The molecule has 4 rings (SSSR count). The Morgan fingerprint density at radius 1 is 0.833 bits per heavy atom. The highest BCUT2D eigenvalue weighted by atomic mass is 16.5. The summed E-state index contributed by atoms with van der Waals surface area (Å²) in [6.45, 7) is 2.62. The van der Waals surface area contributed by atoms with Crippen molar-refractivity contribution in [2.75, 3.05) is 45.3 Å². The van der Waals surface area contributed by atoms with Crippen LogP contribution in [-0.2, 0) is 0 Å². The molecule has 1 aromatic heterocycles. The average molecular weight is 404 g/mol. The van der Waals surface area contributed by atoms with Gasteiger partial charge in [-0.2, -0.15) is 0 Å². The molecular weight excluding hydrogens is 380 g/mol. The van der Waals surface area contributed by atoms with Crippen LogP contribution in [0.3, 0.4) is 0 Å². The van der Waals surface area contributed by atoms with Crippen LogP contribution in [-0.4, -0.2) is 61.4 Å². The number of benzene rings is 2. The van der Waals surface area contributed by atoms with E-state index in [1.807, 2.05) is 47.4 Å². The van der Waals surface area contributed by atoms with Crippen LogP contribution < -0.4 is 14.4 Å². The van der Waals surface area contributed by atoms with Gasteiger partial charge in [-0.15, -0.1) is 10.2 Å². The molecule has 30 heavy (non-hydrogen) atoms. The summed E-state index contributed by atoms with van der Waals surface area (Å²) in [5.41, 5.74) is 2.45. The molecule has 3 aromatic rings. The second-order valence-electron chi connectivity index (χ2n) is 7.02. The summed E-state index contributed by atoms with van der Waals surface area (Å²) < 4.78 is 10.6. The second kappa shape index (κ2) is 8.82. The third-order valence-electron chi connectivity index (χ3n) is 5.21. The average Bonchev–Trinajstić information content (AvgIpc) is 2.84. The maximum Gasteiger partial charge on any atom is 0.254 e. The van der Waals surface area contributed by atoms with Gasteiger partial charge >= 0.3 is 0 Å². The Morgan fingerprint density at radius 2 is 1.50 bits per heavy atom. The Balaban J connectivity index is 1.41. The summed E-state index contributed by atoms with van der Waals surface area (Å²) in [6, 6.07) is 19.2. The van der Waals surface area contributed by atoms with Crippen molar-refractivity contribution in [3.05, 3.63) is 66.2 Å². The fourth-order valence-corrected chi connectivity index (χ4v) is 3.51. The van der Waals surface area contributed by atoms with Crippen molar-refractivity contribution in [1.29, 1.82) is 0 Å². The van der Waals surface area contributed by atoms with Gasteiger partial charge in [0.1, 0.15) is 11.5 Å². The maximum atomic E-state index is 12.9. The highest BCUT2D eigenvalue weighted by Gasteiger charge is 2.24. The van der Waals surface area contributed by atoms with Gasteiger partial charge in [0, 0.05) is 43.4 Å². The third kappa shape index (κ3) is 4.20. The van der Waals surface area contributed by atoms with E-state index >= 15 is 0 Å². The van der Waals surface area contributed by atoms with E-state index in [2.05, 4.69) is 15.1 Å². The zero-order valence-electron chi connectivity index (χ0n) is 17.1. The first-order chi connectivity index (χ1) is 14.7. The van der Waals surface area contributed by atoms with Crippen LogP contribution in [0.2, 0.25) is 0 Å². The molecule has 0 aliphatic carbocycles. The van der Waals surface area contributed by atoms with Crippen LogP contribution in [0, 0.1) is 0 Å². The van der Waals surface area contributed by atoms with Gasteiger partial charge in [-0.05, 0) is 24.3 Å². The van der Waals surface area contributed by atoms with Gasteiger partial charge in [0.05, 0.1) is 19.9 Å². The van der Waals surface area contributed by atoms with Gasteiger partial charge in [0.2, 0.25) is 0 Å². The quantitative estimate of drug-likeness (QED) is 0.651. The number of carbonyl (C=O) groups is 1. The number of hydrogen-bond donors (Lipinski definition) is 0. The van der Waals surface area contributed by atoms with Gasteiger partial charge < -0.3 is 19.3 Å². The number of ether oxygens (including phenoxy) is 2. The van der Waals surface area contributed by atoms with Crippen molar-refractivity contribution < 1.29 is 14.3 Å². The Labute approximate surface area is 175 Å². The topological polar surface area (TPSA) is 67.8 Å². The molecule has 0 N–H and O–H groups in total. The third-order valence-corrected chi connectivity index (χ3v) is 5.21. The minimum Gasteiger partial charge on any atom is -0.497 e. The molecule has 1 fully saturated rings. The number of nitrogens with zero attached hydrogens (tertiary/aromatic N) is 4. The molecule has 0 spiro atoms. The van der Waals surface area contributed by atoms with Crippen LogP contribution in [0.1, 0.15) is 10.4 Å². The number of hydrogen-bond acceptors (Lipinski definition) is 6. The predicted octanol–water partition coefficient (Wildman–Crippen LogP) is 3.12. The van der Waals surface area contributed by atoms with Crippen molar-refractivity contribution in [3.63, 3.8) is 0 Å². The first kappa shape index (κ1) is 19.7. The molecule has 0 saturated carbocycles. The molecule has 1 aliphatic rings. The Kier molecular flexibility index (Phi) is 5.79. The molecule has 2 aromatic carbocycles. The van der Waals surface area contributed by atoms with E-state index in [-0.39, 0.29) is 5.91 Å². The number of methoxy groups -OCH3 is 2. The molecule has 0 atom stereocenters. The SMILES string of the molecule is COc1cc(OC)cc(C(=O)N2CCN(c3ccc(-c4ccccc4)nn3)CC2)c1. The van der Waals surface area contributed by atoms with Crippen molar-refractivity contribution in [1.82, 2.24) is 15.1 Å². The number of aromatic nitrogens is 2. The molecule has 0 bridgehead atoms. The van der Waals surface area contributed by atoms with Crippen LogP contribution in [0.4, 0.5) is 5.82 Å². The van der Waals surface area contributed by atoms with Gasteiger partial charge in [0.25, 0.3) is 5.91 Å². The highest BCUT2D eigenvalue weighted by Crippen LogP contribution is 2.24. The Hall–Kier alpha value is -3.61. The number of amides is 1. The van der Waals surface area contributed by atoms with Gasteiger partial charge in [-0.1, -0.05) is 30.3 Å². The molecule has 0 radical (unpaired) electrons. The number of anilines is 1. The zero-order chi connectivity index (χ0) is 20.9. The highest BCUT2D eigenvalue weighted by molar-refractivity contribution is 5.95. The first-order valence-electron chi connectivity index (χ1n) is 9.84. The lowest BCUT2D eigenvalue weighted by Gasteiger charge is -2.35. The Morgan fingerprint density at radius 3 is 2.07 bits per heavy atom. The molecule has 1 aliphatic heterocycles. The standard InChI is InChI=1S/C23H24N4O3/c1-29-19-14-18(15-20(16-19)30-2)23(28)27-12-10-26(11-13-27)22-9-8-21(24-25-22)17-6-4-3-5-7-17/h3-9,14-16H,10-13H2,1-2H3. The van der Waals surface area contributed by atoms with E-state index in [4.69, 9.17) is 9.47 Å². The first-order valence-corrected chi connectivity index (χ1v) is 9.84. The van der Waals surface area contributed by atoms with E-state index < -0.39 is 0 Å². The summed E-state index contributed by atoms with van der Waals surface area (Å²) in [5.74, 6) is 2.00. The molecule has 1 amide bonds. The van der Waals surface area contributed by atoms with Crippen molar-refractivity contribution >= 4 is 11.7 Å². The fraction of sp³-hybridized carbons (Fsp3) is 0.261. The van der Waals surface area contributed by atoms with Gasteiger partial charge in [-0.25, -0.2) is 0 Å². The van der Waals surface area contributed by atoms with E-state index in [0.29, 0.717) is 43.2 Å². The molecule has 154 valence electrons. The molecule has 7 nitrogen and oxygen atoms in total. The largest absolute Gasteiger partial charge is 0.497 e. The van der Waals surface area contributed by atoms with E-state index in [0.717, 1.165) is 17.1 Å². The summed E-state index contributed by atoms with van der Waals surface area (Å²) in [5, 5.41) is 8.76. The van der Waals surface area contributed by atoms with Gasteiger partial charge in [-0.3, -0.25) is 4.79 Å². The summed E-state index contributed by atoms with van der Waals surface area (Å²) in [7, 11) is 3.15. The second-order valence-corrected chi connectivity index (χ2v) is 7.02. The summed E-state index contributed by atoms with van der Waals surface area (Å²) in [6.07, 6.45) is 0. The Bertz CT molecular complexity index is 978. The van der Waals surface area contributed by atoms with Gasteiger partial charge in [0.15, 0.2) is 5.82 Å². The lowest BCUT2D eigenvalue weighted by molar-refractivity contribution is 0.0745. The van der Waals surface area contributed by atoms with Crippen LogP contribution in [0.25, 0.3) is 11.3 Å². The lowest BCUT2D eigenvalue weighted by atomic mass is 10.1. The lowest BCUT2D eigenvalue weighted by Crippen LogP contribution is -2.49. The number of piperazine rings is 1. The van der Waals surface area contributed by atoms with E-state index in [1.54, 1.807) is 32.4 Å². The van der Waals surface area contributed by atoms with Crippen LogP contribution >= 0.6 is 0 Å². The monoisotopic (exact) mass is 404 g/mol. The van der Waals surface area contributed by atoms with E-state index in [9.17, 15) is 4.79 Å². The van der Waals surface area contributed by atoms with Crippen molar-refractivity contribution in [2.24, 2.45) is 0 Å². The molecule has 0 unspecified atom stereocenters. The minimum atomic E-state index is -0.0302. The normalized spacial score (nSPS) is 13.8. The minimum absolute atomic E-state index is 0.0302. The molecule has 1 saturated heterocycles. The van der Waals surface area contributed by atoms with Crippen molar-refractivity contribution in [2.45, 2.75) is 0 Å².